The summed E-state index contributed by atoms with van der Waals surface area (Å²) in [6.45, 7) is 0. The Bertz CT molecular complexity index is 985. The molecule has 0 aliphatic carbocycles. The lowest BCUT2D eigenvalue weighted by atomic mass is 10.2. The highest BCUT2D eigenvalue weighted by atomic mass is 32.2. The Balaban J connectivity index is 2.18. The van der Waals surface area contributed by atoms with Crippen molar-refractivity contribution in [1.82, 2.24) is 10.1 Å². The molecule has 164 valence electrons. The van der Waals surface area contributed by atoms with Crippen LogP contribution in [0, 0.1) is 5.82 Å². The van der Waals surface area contributed by atoms with Gasteiger partial charge in [0.25, 0.3) is 5.91 Å². The quantitative estimate of drug-likeness (QED) is 0.390. The number of alkyl halides is 3. The molecule has 0 saturated carbocycles. The molecule has 0 bridgehead atoms. The minimum absolute atomic E-state index is 0.0310. The van der Waals surface area contributed by atoms with Crippen LogP contribution in [0.3, 0.4) is 0 Å². The van der Waals surface area contributed by atoms with Crippen LogP contribution in [-0.4, -0.2) is 32.4 Å². The molecule has 0 aliphatic rings. The molecule has 0 aromatic heterocycles. The van der Waals surface area contributed by atoms with E-state index in [9.17, 15) is 30.8 Å². The van der Waals surface area contributed by atoms with E-state index in [1.54, 1.807) is 6.26 Å². The summed E-state index contributed by atoms with van der Waals surface area (Å²) in [5.41, 5.74) is 2.86. The van der Waals surface area contributed by atoms with Gasteiger partial charge in [0.15, 0.2) is 0 Å². The summed E-state index contributed by atoms with van der Waals surface area (Å²) in [4.78, 5) is 11.9. The Hall–Kier alpha value is -2.31. The first-order valence-corrected chi connectivity index (χ1v) is 11.4. The van der Waals surface area contributed by atoms with Crippen LogP contribution in [0.1, 0.15) is 12.0 Å². The topological polar surface area (TPSA) is 87.3 Å². The number of benzene rings is 2. The maximum absolute atomic E-state index is 13.9. The van der Waals surface area contributed by atoms with E-state index in [1.165, 1.54) is 36.0 Å². The molecular weight excluding hydrogens is 446 g/mol. The van der Waals surface area contributed by atoms with Crippen molar-refractivity contribution in [1.29, 1.82) is 0 Å². The van der Waals surface area contributed by atoms with E-state index in [2.05, 4.69) is 15.6 Å². The monoisotopic (exact) mass is 465 g/mol. The average Bonchev–Trinajstić information content (AvgIpc) is 2.69. The molecule has 0 fully saturated rings. The second-order valence-electron chi connectivity index (χ2n) is 6.04. The van der Waals surface area contributed by atoms with E-state index in [-0.39, 0.29) is 6.42 Å². The summed E-state index contributed by atoms with van der Waals surface area (Å²) >= 11 is 1.33. The predicted molar refractivity (Wildman–Crippen MR) is 107 cm³/mol. The van der Waals surface area contributed by atoms with Crippen molar-refractivity contribution in [2.24, 2.45) is 0 Å². The van der Waals surface area contributed by atoms with Gasteiger partial charge in [0.2, 0.25) is 10.0 Å². The zero-order chi connectivity index (χ0) is 22.4. The van der Waals surface area contributed by atoms with Gasteiger partial charge in [0.1, 0.15) is 16.8 Å². The van der Waals surface area contributed by atoms with E-state index in [4.69, 9.17) is 0 Å². The van der Waals surface area contributed by atoms with Crippen LogP contribution in [-0.2, 0) is 21.0 Å². The number of thioether (sulfide) groups is 1. The van der Waals surface area contributed by atoms with Gasteiger partial charge < -0.3 is 0 Å². The van der Waals surface area contributed by atoms with E-state index < -0.39 is 50.1 Å². The van der Waals surface area contributed by atoms with Gasteiger partial charge in [-0.2, -0.15) is 29.7 Å². The molecule has 3 N–H and O–H groups in total. The number of carbonyl (C=O) groups excluding carboxylic acids is 1. The molecule has 0 radical (unpaired) electrons. The molecule has 2 aromatic rings. The van der Waals surface area contributed by atoms with Gasteiger partial charge in [-0.3, -0.25) is 15.6 Å². The number of carbonyl (C=O) groups is 1. The molecule has 1 amide bonds. The maximum Gasteiger partial charge on any atom is 0.418 e. The number of nitrogens with one attached hydrogen (secondary N) is 3. The van der Waals surface area contributed by atoms with Crippen molar-refractivity contribution < 1.29 is 30.8 Å². The van der Waals surface area contributed by atoms with Crippen molar-refractivity contribution in [3.63, 3.8) is 0 Å². The largest absolute Gasteiger partial charge is 0.418 e. The molecule has 1 atom stereocenters. The van der Waals surface area contributed by atoms with E-state index in [0.717, 1.165) is 24.3 Å². The minimum Gasteiger partial charge on any atom is -0.298 e. The van der Waals surface area contributed by atoms with Gasteiger partial charge in [0.05, 0.1) is 11.3 Å². The highest BCUT2D eigenvalue weighted by Crippen LogP contribution is 2.34. The first-order chi connectivity index (χ1) is 14.1. The fourth-order valence-electron chi connectivity index (χ4n) is 2.45. The number of amides is 1. The first-order valence-electron chi connectivity index (χ1n) is 8.54. The van der Waals surface area contributed by atoms with Gasteiger partial charge in [0, 0.05) is 0 Å². The van der Waals surface area contributed by atoms with Crippen molar-refractivity contribution in [2.45, 2.75) is 23.5 Å². The highest BCUT2D eigenvalue weighted by Gasteiger charge is 2.33. The van der Waals surface area contributed by atoms with Gasteiger partial charge in [-0.15, -0.1) is 0 Å². The minimum atomic E-state index is -4.65. The van der Waals surface area contributed by atoms with Crippen molar-refractivity contribution in [3.05, 3.63) is 59.9 Å². The normalized spacial score (nSPS) is 13.0. The Morgan fingerprint density at radius 1 is 1.10 bits per heavy atom. The Kier molecular flexibility index (Phi) is 8.10. The number of para-hydroxylation sites is 1. The molecule has 2 rings (SSSR count). The molecule has 0 aliphatic heterocycles. The Morgan fingerprint density at radius 2 is 1.73 bits per heavy atom. The summed E-state index contributed by atoms with van der Waals surface area (Å²) in [6, 6.07) is 7.78. The number of rotatable bonds is 9. The van der Waals surface area contributed by atoms with Crippen molar-refractivity contribution in [2.75, 3.05) is 17.4 Å². The lowest BCUT2D eigenvalue weighted by Gasteiger charge is -2.20. The molecule has 30 heavy (non-hydrogen) atoms. The summed E-state index contributed by atoms with van der Waals surface area (Å²) < 4.78 is 80.1. The molecule has 6 nitrogen and oxygen atoms in total. The zero-order valence-electron chi connectivity index (χ0n) is 15.7. The number of hydrogen-bond donors (Lipinski definition) is 3. The van der Waals surface area contributed by atoms with Crippen LogP contribution in [0.15, 0.2) is 53.4 Å². The molecule has 1 unspecified atom stereocenters. The second kappa shape index (κ2) is 10.1. The molecule has 0 heterocycles. The van der Waals surface area contributed by atoms with E-state index in [0.29, 0.717) is 5.75 Å². The summed E-state index contributed by atoms with van der Waals surface area (Å²) in [6.07, 6.45) is -2.89. The van der Waals surface area contributed by atoms with E-state index >= 15 is 0 Å². The average molecular weight is 465 g/mol. The Labute approximate surface area is 175 Å². The zero-order valence-corrected chi connectivity index (χ0v) is 17.3. The number of hydrazine groups is 1. The predicted octanol–water partition coefficient (Wildman–Crippen LogP) is 3.39. The number of hydrogen-bond acceptors (Lipinski definition) is 5. The van der Waals surface area contributed by atoms with Crippen molar-refractivity contribution >= 4 is 33.4 Å². The summed E-state index contributed by atoms with van der Waals surface area (Å²) in [5.74, 6) is -1.54. The third kappa shape index (κ3) is 6.34. The Morgan fingerprint density at radius 3 is 2.37 bits per heavy atom. The van der Waals surface area contributed by atoms with Gasteiger partial charge in [-0.05, 0) is 42.7 Å². The fraction of sp³-hybridized carbons (Fsp3) is 0.278. The molecule has 2 aromatic carbocycles. The molecular formula is C18H19F4N3O3S2. The molecule has 12 heteroatoms. The van der Waals surface area contributed by atoms with E-state index in [1.807, 2.05) is 0 Å². The van der Waals surface area contributed by atoms with Crippen molar-refractivity contribution in [3.8, 4) is 0 Å². The summed E-state index contributed by atoms with van der Waals surface area (Å²) in [7, 11) is -4.38. The second-order valence-corrected chi connectivity index (χ2v) is 8.71. The lowest BCUT2D eigenvalue weighted by molar-refractivity contribution is -0.137. The van der Waals surface area contributed by atoms with Crippen LogP contribution in [0.4, 0.5) is 23.2 Å². The molecule has 0 saturated heterocycles. The van der Waals surface area contributed by atoms with Gasteiger partial charge in [-0.1, -0.05) is 24.3 Å². The lowest BCUT2D eigenvalue weighted by Crippen LogP contribution is -2.48. The van der Waals surface area contributed by atoms with Crippen LogP contribution in [0.5, 0.6) is 0 Å². The smallest absolute Gasteiger partial charge is 0.298 e. The van der Waals surface area contributed by atoms with Gasteiger partial charge >= 0.3 is 6.18 Å². The standard InChI is InChI=1S/C18H19F4N3O3S2/c1-29-11-10-15(25-30(27,28)16-9-5-3-7-13(16)19)17(26)24-23-14-8-4-2-6-12(14)18(20,21)22/h2-9,15,23,25H,10-11H2,1H3,(H,24,26). The SMILES string of the molecule is CSCCC(NS(=O)(=O)c1ccccc1F)C(=O)NNc1ccccc1C(F)(F)F. The highest BCUT2D eigenvalue weighted by molar-refractivity contribution is 7.98. The van der Waals surface area contributed by atoms with Gasteiger partial charge in [-0.25, -0.2) is 12.8 Å². The number of halogens is 4. The molecule has 0 spiro atoms. The summed E-state index contributed by atoms with van der Waals surface area (Å²) in [5, 5.41) is 0. The number of anilines is 1. The first kappa shape index (κ1) is 24.0. The third-order valence-corrected chi connectivity index (χ3v) is 6.05. The third-order valence-electron chi connectivity index (χ3n) is 3.90. The van der Waals surface area contributed by atoms with Crippen LogP contribution >= 0.6 is 11.8 Å². The van der Waals surface area contributed by atoms with Crippen LogP contribution in [0.25, 0.3) is 0 Å². The maximum atomic E-state index is 13.9. The van der Waals surface area contributed by atoms with Crippen LogP contribution < -0.4 is 15.6 Å². The number of sulfonamides is 1. The fourth-order valence-corrected chi connectivity index (χ4v) is 4.23. The van der Waals surface area contributed by atoms with Crippen LogP contribution in [0.2, 0.25) is 0 Å².